The molecule has 170 valence electrons. The number of benzene rings is 1. The molecule has 2 N–H and O–H groups in total. The van der Waals surface area contributed by atoms with Gasteiger partial charge < -0.3 is 10.5 Å². The van der Waals surface area contributed by atoms with E-state index in [2.05, 4.69) is 10.2 Å². The molecule has 1 atom stereocenters. The fraction of sp³-hybridized carbons (Fsp3) is 0.381. The summed E-state index contributed by atoms with van der Waals surface area (Å²) in [7, 11) is 4.34. The van der Waals surface area contributed by atoms with Crippen LogP contribution in [0.4, 0.5) is 5.82 Å². The molecule has 32 heavy (non-hydrogen) atoms. The minimum atomic E-state index is -0.718. The SMILES string of the molecule is COCCn1c(SC(C)C(=O)c2c(N)n(C)c(=O)n(C)c2=O)nnc1-c1cccc(C)c1. The molecule has 3 aromatic rings. The van der Waals surface area contributed by atoms with Gasteiger partial charge in [0, 0.05) is 26.8 Å². The first-order chi connectivity index (χ1) is 15.2. The van der Waals surface area contributed by atoms with Gasteiger partial charge in [-0.1, -0.05) is 35.5 Å². The Hall–Kier alpha value is -3.18. The Morgan fingerprint density at radius 1 is 1.22 bits per heavy atom. The molecule has 2 heterocycles. The number of aromatic nitrogens is 5. The molecule has 0 amide bonds. The van der Waals surface area contributed by atoms with Gasteiger partial charge >= 0.3 is 5.69 Å². The van der Waals surface area contributed by atoms with Crippen molar-refractivity contribution in [3.05, 3.63) is 56.2 Å². The maximum atomic E-state index is 13.1. The van der Waals surface area contributed by atoms with Crippen molar-refractivity contribution in [3.63, 3.8) is 0 Å². The molecule has 0 saturated carbocycles. The Morgan fingerprint density at radius 2 is 1.94 bits per heavy atom. The highest BCUT2D eigenvalue weighted by molar-refractivity contribution is 8.00. The number of methoxy groups -OCH3 is 1. The third-order valence-electron chi connectivity index (χ3n) is 5.12. The molecule has 1 aromatic carbocycles. The van der Waals surface area contributed by atoms with Gasteiger partial charge in [0.25, 0.3) is 5.56 Å². The standard InChI is InChI=1S/C21H26N6O4S/c1-12-7-6-8-14(11-12)18-23-24-20(27(18)9-10-31-5)32-13(2)16(28)15-17(22)25(3)21(30)26(4)19(15)29/h6-8,11,13H,9-10,22H2,1-5H3. The molecule has 3 rings (SSSR count). The molecule has 0 bridgehead atoms. The number of nitrogens with two attached hydrogens (primary N) is 1. The Labute approximate surface area is 189 Å². The average molecular weight is 459 g/mol. The van der Waals surface area contributed by atoms with Crippen molar-refractivity contribution in [2.45, 2.75) is 30.8 Å². The lowest BCUT2D eigenvalue weighted by atomic mass is 10.1. The van der Waals surface area contributed by atoms with Gasteiger partial charge in [-0.3, -0.25) is 23.3 Å². The average Bonchev–Trinajstić information content (AvgIpc) is 3.17. The number of aryl methyl sites for hydroxylation is 1. The molecule has 2 aromatic heterocycles. The van der Waals surface area contributed by atoms with Gasteiger partial charge in [-0.05, 0) is 19.9 Å². The topological polar surface area (TPSA) is 127 Å². The fourth-order valence-corrected chi connectivity index (χ4v) is 4.20. The van der Waals surface area contributed by atoms with Crippen LogP contribution in [0.1, 0.15) is 22.8 Å². The van der Waals surface area contributed by atoms with Gasteiger partial charge in [-0.25, -0.2) is 4.79 Å². The van der Waals surface area contributed by atoms with Crippen molar-refractivity contribution in [2.24, 2.45) is 14.1 Å². The van der Waals surface area contributed by atoms with Crippen molar-refractivity contribution in [2.75, 3.05) is 19.5 Å². The number of ether oxygens (including phenoxy) is 1. The Balaban J connectivity index is 1.98. The lowest BCUT2D eigenvalue weighted by Gasteiger charge is -2.15. The van der Waals surface area contributed by atoms with Crippen LogP contribution in [0.2, 0.25) is 0 Å². The molecule has 0 aliphatic carbocycles. The first kappa shape index (κ1) is 23.5. The lowest BCUT2D eigenvalue weighted by molar-refractivity contribution is 0.0992. The Bertz CT molecular complexity index is 1280. The second-order valence-electron chi connectivity index (χ2n) is 7.41. The number of carbonyl (C=O) groups is 1. The van der Waals surface area contributed by atoms with E-state index in [9.17, 15) is 14.4 Å². The van der Waals surface area contributed by atoms with E-state index in [1.165, 1.54) is 25.9 Å². The maximum Gasteiger partial charge on any atom is 0.332 e. The second kappa shape index (κ2) is 9.53. The highest BCUT2D eigenvalue weighted by Crippen LogP contribution is 2.29. The Kier molecular flexibility index (Phi) is 6.99. The van der Waals surface area contributed by atoms with Gasteiger partial charge in [-0.15, -0.1) is 10.2 Å². The van der Waals surface area contributed by atoms with Crippen LogP contribution in [0.25, 0.3) is 11.4 Å². The maximum absolute atomic E-state index is 13.1. The normalized spacial score (nSPS) is 12.2. The lowest BCUT2D eigenvalue weighted by Crippen LogP contribution is -2.42. The van der Waals surface area contributed by atoms with E-state index in [1.807, 2.05) is 35.8 Å². The number of Topliss-reactive ketones (excluding diaryl/α,β-unsaturated/α-hetero) is 1. The molecule has 10 nitrogen and oxygen atoms in total. The predicted molar refractivity (Wildman–Crippen MR) is 123 cm³/mol. The first-order valence-electron chi connectivity index (χ1n) is 9.92. The highest BCUT2D eigenvalue weighted by Gasteiger charge is 2.27. The molecule has 0 fully saturated rings. The molecule has 0 radical (unpaired) electrons. The summed E-state index contributed by atoms with van der Waals surface area (Å²) in [4.78, 5) is 37.8. The number of hydrogen-bond donors (Lipinski definition) is 1. The summed E-state index contributed by atoms with van der Waals surface area (Å²) in [5, 5.41) is 8.43. The zero-order valence-corrected chi connectivity index (χ0v) is 19.5. The van der Waals surface area contributed by atoms with Gasteiger partial charge in [0.2, 0.25) is 0 Å². The van der Waals surface area contributed by atoms with Crippen LogP contribution >= 0.6 is 11.8 Å². The number of nitrogens with zero attached hydrogens (tertiary/aromatic N) is 5. The predicted octanol–water partition coefficient (Wildman–Crippen LogP) is 1.24. The van der Waals surface area contributed by atoms with Crippen LogP contribution in [-0.2, 0) is 25.4 Å². The van der Waals surface area contributed by atoms with E-state index < -0.39 is 22.3 Å². The monoisotopic (exact) mass is 458 g/mol. The molecular weight excluding hydrogens is 432 g/mol. The third-order valence-corrected chi connectivity index (χ3v) is 6.20. The second-order valence-corrected chi connectivity index (χ2v) is 8.72. The van der Waals surface area contributed by atoms with E-state index >= 15 is 0 Å². The number of rotatable bonds is 8. The van der Waals surface area contributed by atoms with E-state index in [1.54, 1.807) is 14.0 Å². The Morgan fingerprint density at radius 3 is 2.59 bits per heavy atom. The fourth-order valence-electron chi connectivity index (χ4n) is 3.26. The summed E-state index contributed by atoms with van der Waals surface area (Å²) in [5.41, 5.74) is 6.41. The summed E-state index contributed by atoms with van der Waals surface area (Å²) in [5.74, 6) is 0.0179. The van der Waals surface area contributed by atoms with Crippen molar-refractivity contribution < 1.29 is 9.53 Å². The van der Waals surface area contributed by atoms with E-state index in [0.29, 0.717) is 24.1 Å². The molecular formula is C21H26N6O4S. The van der Waals surface area contributed by atoms with Crippen molar-refractivity contribution in [3.8, 4) is 11.4 Å². The summed E-state index contributed by atoms with van der Waals surface area (Å²) in [6.07, 6.45) is 0. The third kappa shape index (κ3) is 4.39. The number of thioether (sulfide) groups is 1. The van der Waals surface area contributed by atoms with Crippen LogP contribution in [-0.4, -0.2) is 48.6 Å². The molecule has 0 aliphatic rings. The molecule has 0 saturated heterocycles. The summed E-state index contributed by atoms with van der Waals surface area (Å²) in [6.45, 7) is 4.58. The smallest absolute Gasteiger partial charge is 0.332 e. The zero-order chi connectivity index (χ0) is 23.6. The van der Waals surface area contributed by atoms with E-state index in [-0.39, 0.29) is 11.4 Å². The first-order valence-corrected chi connectivity index (χ1v) is 10.8. The highest BCUT2D eigenvalue weighted by atomic mass is 32.2. The summed E-state index contributed by atoms with van der Waals surface area (Å²) in [6, 6.07) is 7.88. The van der Waals surface area contributed by atoms with E-state index in [0.717, 1.165) is 20.3 Å². The van der Waals surface area contributed by atoms with Crippen LogP contribution in [0.15, 0.2) is 39.0 Å². The van der Waals surface area contributed by atoms with Crippen molar-refractivity contribution in [1.82, 2.24) is 23.9 Å². The van der Waals surface area contributed by atoms with Gasteiger partial charge in [-0.2, -0.15) is 0 Å². The zero-order valence-electron chi connectivity index (χ0n) is 18.7. The summed E-state index contributed by atoms with van der Waals surface area (Å²) < 4.78 is 9.07. The molecule has 11 heteroatoms. The van der Waals surface area contributed by atoms with Gasteiger partial charge in [0.15, 0.2) is 16.8 Å². The van der Waals surface area contributed by atoms with Gasteiger partial charge in [0.1, 0.15) is 11.4 Å². The van der Waals surface area contributed by atoms with Crippen LogP contribution in [0, 0.1) is 6.92 Å². The van der Waals surface area contributed by atoms with E-state index in [4.69, 9.17) is 10.5 Å². The largest absolute Gasteiger partial charge is 0.384 e. The molecule has 0 spiro atoms. The van der Waals surface area contributed by atoms with Gasteiger partial charge in [0.05, 0.1) is 18.4 Å². The van der Waals surface area contributed by atoms with Crippen molar-refractivity contribution >= 4 is 23.4 Å². The van der Waals surface area contributed by atoms with Crippen LogP contribution in [0.5, 0.6) is 0 Å². The quantitative estimate of drug-likeness (QED) is 0.395. The van der Waals surface area contributed by atoms with Crippen LogP contribution in [0.3, 0.4) is 0 Å². The number of carbonyl (C=O) groups excluding carboxylic acids is 1. The summed E-state index contributed by atoms with van der Waals surface area (Å²) >= 11 is 1.17. The molecule has 1 unspecified atom stereocenters. The number of hydrogen-bond acceptors (Lipinski definition) is 8. The molecule has 0 aliphatic heterocycles. The number of ketones is 1. The minimum absolute atomic E-state index is 0.156. The van der Waals surface area contributed by atoms with Crippen molar-refractivity contribution in [1.29, 1.82) is 0 Å². The number of nitrogen functional groups attached to an aromatic ring is 1. The van der Waals surface area contributed by atoms with Crippen LogP contribution < -0.4 is 17.0 Å². The minimum Gasteiger partial charge on any atom is -0.384 e. The number of anilines is 1.